The maximum Gasteiger partial charge on any atom is 0.263 e. The van der Waals surface area contributed by atoms with Crippen LogP contribution in [0.4, 0.5) is 5.69 Å². The second-order valence-corrected chi connectivity index (χ2v) is 9.93. The van der Waals surface area contributed by atoms with Crippen LogP contribution in [0.2, 0.25) is 5.02 Å². The molecule has 1 aliphatic rings. The summed E-state index contributed by atoms with van der Waals surface area (Å²) in [5, 5.41) is 10.1. The Kier molecular flexibility index (Phi) is 6.55. The summed E-state index contributed by atoms with van der Waals surface area (Å²) in [6.45, 7) is 3.23. The Morgan fingerprint density at radius 2 is 1.63 bits per heavy atom. The van der Waals surface area contributed by atoms with Gasteiger partial charge < -0.3 is 9.80 Å². The molecule has 0 unspecified atom stereocenters. The second kappa shape index (κ2) is 10.3. The number of benzene rings is 3. The molecule has 9 heteroatoms. The lowest BCUT2D eigenvalue weighted by molar-refractivity contribution is -0.131. The van der Waals surface area contributed by atoms with Crippen LogP contribution < -0.4 is 10.5 Å². The summed E-state index contributed by atoms with van der Waals surface area (Å²) in [7, 11) is 0. The molecule has 1 amide bonds. The van der Waals surface area contributed by atoms with Crippen molar-refractivity contribution in [3.05, 3.63) is 106 Å². The van der Waals surface area contributed by atoms with Crippen molar-refractivity contribution in [2.45, 2.75) is 19.4 Å². The van der Waals surface area contributed by atoms with Gasteiger partial charge in [0.1, 0.15) is 5.82 Å². The Balaban J connectivity index is 1.22. The largest absolute Gasteiger partial charge is 0.368 e. The van der Waals surface area contributed by atoms with Gasteiger partial charge in [0, 0.05) is 49.7 Å². The second-order valence-electron chi connectivity index (χ2n) is 9.49. The standard InChI is InChI=1S/C29H27ClN6O2/c30-22-9-6-10-23(19-22)33-15-17-34(18-16-33)27(37)14-13-26-31-32-29-35(20-21-7-2-1-3-8-21)28(38)24-11-4-5-12-25(24)36(26)29/h1-12,19H,13-18,20H2. The number of carbonyl (C=O) groups excluding carboxylic acids is 1. The van der Waals surface area contributed by atoms with Crippen molar-refractivity contribution in [2.75, 3.05) is 31.1 Å². The first kappa shape index (κ1) is 24.2. The summed E-state index contributed by atoms with van der Waals surface area (Å²) >= 11 is 6.15. The summed E-state index contributed by atoms with van der Waals surface area (Å²) in [5.74, 6) is 1.24. The minimum absolute atomic E-state index is 0.0920. The quantitative estimate of drug-likeness (QED) is 0.334. The van der Waals surface area contributed by atoms with Crippen LogP contribution in [0.15, 0.2) is 83.7 Å². The van der Waals surface area contributed by atoms with Crippen LogP contribution in [0.5, 0.6) is 0 Å². The number of hydrogen-bond acceptors (Lipinski definition) is 5. The predicted molar refractivity (Wildman–Crippen MR) is 149 cm³/mol. The molecule has 8 nitrogen and oxygen atoms in total. The van der Waals surface area contributed by atoms with Crippen molar-refractivity contribution in [1.82, 2.24) is 24.1 Å². The molecule has 0 N–H and O–H groups in total. The van der Waals surface area contributed by atoms with Gasteiger partial charge in [0.25, 0.3) is 5.56 Å². The molecule has 3 heterocycles. The molecule has 6 rings (SSSR count). The SMILES string of the molecule is O=C(CCc1nnc2n(Cc3ccccc3)c(=O)c3ccccc3n12)N1CCN(c2cccc(Cl)c2)CC1. The maximum absolute atomic E-state index is 13.4. The summed E-state index contributed by atoms with van der Waals surface area (Å²) in [6, 6.07) is 25.1. The lowest BCUT2D eigenvalue weighted by atomic mass is 10.2. The van der Waals surface area contributed by atoms with Gasteiger partial charge in [-0.15, -0.1) is 10.2 Å². The van der Waals surface area contributed by atoms with Gasteiger partial charge in [-0.2, -0.15) is 0 Å². The number of rotatable bonds is 6. The number of piperazine rings is 1. The van der Waals surface area contributed by atoms with E-state index in [9.17, 15) is 9.59 Å². The van der Waals surface area contributed by atoms with E-state index in [-0.39, 0.29) is 11.5 Å². The predicted octanol–water partition coefficient (Wildman–Crippen LogP) is 4.03. The number of aryl methyl sites for hydroxylation is 1. The molecule has 0 bridgehead atoms. The van der Waals surface area contributed by atoms with Gasteiger partial charge in [0.2, 0.25) is 11.7 Å². The molecule has 0 radical (unpaired) electrons. The van der Waals surface area contributed by atoms with Gasteiger partial charge in [-0.05, 0) is 35.9 Å². The molecule has 3 aromatic carbocycles. The van der Waals surface area contributed by atoms with Crippen LogP contribution in [0.3, 0.4) is 0 Å². The van der Waals surface area contributed by atoms with E-state index >= 15 is 0 Å². The van der Waals surface area contributed by atoms with Crippen LogP contribution in [0.25, 0.3) is 16.7 Å². The molecular formula is C29H27ClN6O2. The van der Waals surface area contributed by atoms with Crippen molar-refractivity contribution < 1.29 is 4.79 Å². The Hall–Kier alpha value is -4.17. The molecule has 1 fully saturated rings. The topological polar surface area (TPSA) is 75.7 Å². The molecule has 1 saturated heterocycles. The Morgan fingerprint density at radius 1 is 0.868 bits per heavy atom. The zero-order valence-electron chi connectivity index (χ0n) is 20.8. The molecule has 192 valence electrons. The van der Waals surface area contributed by atoms with Crippen molar-refractivity contribution in [3.63, 3.8) is 0 Å². The molecule has 0 atom stereocenters. The normalized spacial score (nSPS) is 13.9. The number of nitrogens with zero attached hydrogens (tertiary/aromatic N) is 6. The molecule has 38 heavy (non-hydrogen) atoms. The number of amides is 1. The van der Waals surface area contributed by atoms with E-state index < -0.39 is 0 Å². The molecule has 0 saturated carbocycles. The van der Waals surface area contributed by atoms with E-state index in [0.717, 1.165) is 29.9 Å². The van der Waals surface area contributed by atoms with E-state index in [0.29, 0.717) is 54.5 Å². The number of para-hydroxylation sites is 1. The Bertz CT molecular complexity index is 1670. The highest BCUT2D eigenvalue weighted by atomic mass is 35.5. The average Bonchev–Trinajstić information content (AvgIpc) is 3.39. The summed E-state index contributed by atoms with van der Waals surface area (Å²) in [4.78, 5) is 30.7. The van der Waals surface area contributed by atoms with Gasteiger partial charge in [-0.25, -0.2) is 0 Å². The third-order valence-corrected chi connectivity index (χ3v) is 7.36. The highest BCUT2D eigenvalue weighted by Crippen LogP contribution is 2.21. The van der Waals surface area contributed by atoms with E-state index in [1.165, 1.54) is 0 Å². The van der Waals surface area contributed by atoms with Gasteiger partial charge >= 0.3 is 0 Å². The fourth-order valence-electron chi connectivity index (χ4n) is 5.15. The lowest BCUT2D eigenvalue weighted by Crippen LogP contribution is -2.48. The van der Waals surface area contributed by atoms with Crippen LogP contribution in [0.1, 0.15) is 17.8 Å². The smallest absolute Gasteiger partial charge is 0.263 e. The fraction of sp³-hybridized carbons (Fsp3) is 0.241. The third-order valence-electron chi connectivity index (χ3n) is 7.13. The number of hydrogen-bond donors (Lipinski definition) is 0. The Morgan fingerprint density at radius 3 is 2.42 bits per heavy atom. The number of halogens is 1. The van der Waals surface area contributed by atoms with Crippen molar-refractivity contribution in [2.24, 2.45) is 0 Å². The number of anilines is 1. The van der Waals surface area contributed by atoms with Crippen molar-refractivity contribution >= 4 is 39.9 Å². The van der Waals surface area contributed by atoms with E-state index in [1.54, 1.807) is 4.57 Å². The fourth-order valence-corrected chi connectivity index (χ4v) is 5.33. The third kappa shape index (κ3) is 4.63. The van der Waals surface area contributed by atoms with Crippen LogP contribution >= 0.6 is 11.6 Å². The first-order chi connectivity index (χ1) is 18.6. The van der Waals surface area contributed by atoms with Gasteiger partial charge in [0.15, 0.2) is 0 Å². The van der Waals surface area contributed by atoms with Crippen LogP contribution in [0, 0.1) is 0 Å². The molecule has 2 aromatic heterocycles. The van der Waals surface area contributed by atoms with E-state index in [2.05, 4.69) is 15.1 Å². The summed E-state index contributed by atoms with van der Waals surface area (Å²) in [5.41, 5.74) is 2.72. The molecule has 0 spiro atoms. The minimum atomic E-state index is -0.107. The Labute approximate surface area is 224 Å². The first-order valence-electron chi connectivity index (χ1n) is 12.8. The molecule has 5 aromatic rings. The van der Waals surface area contributed by atoms with Gasteiger partial charge in [0.05, 0.1) is 17.4 Å². The number of fused-ring (bicyclic) bond motifs is 3. The number of carbonyl (C=O) groups is 1. The highest BCUT2D eigenvalue weighted by molar-refractivity contribution is 6.30. The van der Waals surface area contributed by atoms with Gasteiger partial charge in [-0.1, -0.05) is 60.1 Å². The van der Waals surface area contributed by atoms with Crippen LogP contribution in [-0.4, -0.2) is 56.2 Å². The maximum atomic E-state index is 13.4. The number of aromatic nitrogens is 4. The molecule has 0 aliphatic carbocycles. The van der Waals surface area contributed by atoms with Gasteiger partial charge in [-0.3, -0.25) is 18.6 Å². The average molecular weight is 527 g/mol. The van der Waals surface area contributed by atoms with Crippen LogP contribution in [-0.2, 0) is 17.8 Å². The molecule has 1 aliphatic heterocycles. The highest BCUT2D eigenvalue weighted by Gasteiger charge is 2.23. The minimum Gasteiger partial charge on any atom is -0.368 e. The summed E-state index contributed by atoms with van der Waals surface area (Å²) in [6.07, 6.45) is 0.756. The molecular weight excluding hydrogens is 500 g/mol. The summed E-state index contributed by atoms with van der Waals surface area (Å²) < 4.78 is 3.58. The van der Waals surface area contributed by atoms with E-state index in [4.69, 9.17) is 11.6 Å². The first-order valence-corrected chi connectivity index (χ1v) is 13.1. The van der Waals surface area contributed by atoms with E-state index in [1.807, 2.05) is 88.2 Å². The van der Waals surface area contributed by atoms with Crippen molar-refractivity contribution in [3.8, 4) is 0 Å². The lowest BCUT2D eigenvalue weighted by Gasteiger charge is -2.36. The zero-order chi connectivity index (χ0) is 26.1. The van der Waals surface area contributed by atoms with Crippen molar-refractivity contribution in [1.29, 1.82) is 0 Å². The monoisotopic (exact) mass is 526 g/mol. The zero-order valence-corrected chi connectivity index (χ0v) is 21.6.